The molecule has 2 aliphatic heterocycles. The van der Waals surface area contributed by atoms with Gasteiger partial charge in [-0.15, -0.1) is 0 Å². The molecule has 26 heavy (non-hydrogen) atoms. The lowest BCUT2D eigenvalue weighted by Gasteiger charge is -2.35. The van der Waals surface area contributed by atoms with Crippen LogP contribution in [0.1, 0.15) is 19.4 Å². The van der Waals surface area contributed by atoms with Gasteiger partial charge < -0.3 is 9.64 Å². The Bertz CT molecular complexity index is 865. The fraction of sp³-hybridized carbons (Fsp3) is 0.316. The molecule has 0 radical (unpaired) electrons. The highest BCUT2D eigenvalue weighted by Crippen LogP contribution is 2.33. The third kappa shape index (κ3) is 3.45. The first-order valence-corrected chi connectivity index (χ1v) is 9.43. The van der Waals surface area contributed by atoms with Gasteiger partial charge in [0.25, 0.3) is 5.91 Å². The van der Waals surface area contributed by atoms with E-state index < -0.39 is 0 Å². The summed E-state index contributed by atoms with van der Waals surface area (Å²) in [6, 6.07) is 9.95. The molecular formula is C19H20N4O2S. The molecular weight excluding hydrogens is 348 g/mol. The third-order valence-electron chi connectivity index (χ3n) is 4.32. The normalized spacial score (nSPS) is 25.0. The summed E-state index contributed by atoms with van der Waals surface area (Å²) < 4.78 is 5.76. The molecule has 0 bridgehead atoms. The molecule has 2 aromatic rings. The number of carbonyl (C=O) groups excluding carboxylic acids is 1. The number of ether oxygens (including phenoxy) is 1. The number of carbonyl (C=O) groups is 1. The molecule has 2 aliphatic rings. The molecule has 1 aromatic heterocycles. The maximum absolute atomic E-state index is 12.4. The highest BCUT2D eigenvalue weighted by molar-refractivity contribution is 8.18. The number of hydrogen-bond donors (Lipinski definition) is 1. The Hall–Kier alpha value is -2.38. The number of aromatic nitrogens is 2. The van der Waals surface area contributed by atoms with Gasteiger partial charge in [-0.2, -0.15) is 10.1 Å². The van der Waals surface area contributed by atoms with E-state index in [1.807, 2.05) is 50.3 Å². The number of amides is 1. The molecule has 0 saturated carbocycles. The van der Waals surface area contributed by atoms with Gasteiger partial charge in [0.15, 0.2) is 5.17 Å². The number of thioether (sulfide) groups is 1. The molecule has 1 amide bonds. The summed E-state index contributed by atoms with van der Waals surface area (Å²) in [5.74, 6) is -0.197. The largest absolute Gasteiger partial charge is 0.372 e. The second-order valence-corrected chi connectivity index (χ2v) is 7.55. The molecule has 2 atom stereocenters. The SMILES string of the molecule is CC1CN(C2=NC(=O)/C(=C/c3cn[nH]c3-c3ccccc3)S2)CC(C)O1. The Kier molecular flexibility index (Phi) is 4.65. The number of morpholine rings is 1. The maximum Gasteiger partial charge on any atom is 0.286 e. The number of nitrogens with zero attached hydrogens (tertiary/aromatic N) is 3. The first-order valence-electron chi connectivity index (χ1n) is 8.62. The van der Waals surface area contributed by atoms with Crippen molar-refractivity contribution < 1.29 is 9.53 Å². The molecule has 1 saturated heterocycles. The highest BCUT2D eigenvalue weighted by Gasteiger charge is 2.31. The molecule has 1 aromatic carbocycles. The van der Waals surface area contributed by atoms with Gasteiger partial charge in [0, 0.05) is 24.2 Å². The van der Waals surface area contributed by atoms with Crippen molar-refractivity contribution in [2.45, 2.75) is 26.1 Å². The molecule has 134 valence electrons. The van der Waals surface area contributed by atoms with E-state index in [-0.39, 0.29) is 18.1 Å². The molecule has 2 unspecified atom stereocenters. The maximum atomic E-state index is 12.4. The summed E-state index contributed by atoms with van der Waals surface area (Å²) in [4.78, 5) is 19.4. The molecule has 0 spiro atoms. The van der Waals surface area contributed by atoms with Gasteiger partial charge in [-0.1, -0.05) is 30.3 Å². The molecule has 3 heterocycles. The topological polar surface area (TPSA) is 70.6 Å². The first-order chi connectivity index (χ1) is 12.6. The molecule has 4 rings (SSSR count). The van der Waals surface area contributed by atoms with Crippen LogP contribution in [0.15, 0.2) is 46.4 Å². The number of hydrogen-bond acceptors (Lipinski definition) is 5. The Morgan fingerprint density at radius 1 is 1.23 bits per heavy atom. The number of benzene rings is 1. The molecule has 7 heteroatoms. The standard InChI is InChI=1S/C19H20N4O2S/c1-12-10-23(11-13(2)25-12)19-21-18(24)16(26-19)8-15-9-20-22-17(15)14-6-4-3-5-7-14/h3-9,12-13H,10-11H2,1-2H3,(H,20,22)/b16-8-. The minimum atomic E-state index is -0.197. The summed E-state index contributed by atoms with van der Waals surface area (Å²) in [6.07, 6.45) is 3.86. The van der Waals surface area contributed by atoms with Crippen LogP contribution >= 0.6 is 11.8 Å². The summed E-state index contributed by atoms with van der Waals surface area (Å²) in [5.41, 5.74) is 2.81. The van der Waals surface area contributed by atoms with E-state index in [2.05, 4.69) is 20.1 Å². The lowest BCUT2D eigenvalue weighted by atomic mass is 10.1. The van der Waals surface area contributed by atoms with Crippen molar-refractivity contribution in [1.29, 1.82) is 0 Å². The Morgan fingerprint density at radius 3 is 2.69 bits per heavy atom. The van der Waals surface area contributed by atoms with Gasteiger partial charge in [-0.25, -0.2) is 0 Å². The smallest absolute Gasteiger partial charge is 0.286 e. The van der Waals surface area contributed by atoms with Gasteiger partial charge in [-0.3, -0.25) is 9.89 Å². The van der Waals surface area contributed by atoms with Crippen LogP contribution in [0.3, 0.4) is 0 Å². The summed E-state index contributed by atoms with van der Waals surface area (Å²) in [6.45, 7) is 5.58. The van der Waals surface area contributed by atoms with Crippen LogP contribution in [-0.2, 0) is 9.53 Å². The van der Waals surface area contributed by atoms with Crippen LogP contribution in [0, 0.1) is 0 Å². The van der Waals surface area contributed by atoms with E-state index in [0.717, 1.165) is 35.1 Å². The predicted molar refractivity (Wildman–Crippen MR) is 104 cm³/mol. The molecule has 1 N–H and O–H groups in total. The first kappa shape index (κ1) is 17.1. The average Bonchev–Trinajstić information content (AvgIpc) is 3.22. The van der Waals surface area contributed by atoms with E-state index in [1.54, 1.807) is 6.20 Å². The van der Waals surface area contributed by atoms with Crippen LogP contribution in [0.25, 0.3) is 17.3 Å². The van der Waals surface area contributed by atoms with E-state index >= 15 is 0 Å². The molecule has 6 nitrogen and oxygen atoms in total. The Morgan fingerprint density at radius 2 is 1.96 bits per heavy atom. The zero-order chi connectivity index (χ0) is 18.1. The Balaban J connectivity index is 1.56. The summed E-state index contributed by atoms with van der Waals surface area (Å²) >= 11 is 1.42. The van der Waals surface area contributed by atoms with Gasteiger partial charge in [-0.05, 0) is 31.7 Å². The van der Waals surface area contributed by atoms with Crippen LogP contribution in [0.5, 0.6) is 0 Å². The zero-order valence-corrected chi connectivity index (χ0v) is 15.5. The second kappa shape index (κ2) is 7.09. The monoisotopic (exact) mass is 368 g/mol. The van der Waals surface area contributed by atoms with Crippen molar-refractivity contribution >= 4 is 28.9 Å². The minimum Gasteiger partial charge on any atom is -0.372 e. The van der Waals surface area contributed by atoms with Crippen molar-refractivity contribution in [2.24, 2.45) is 4.99 Å². The van der Waals surface area contributed by atoms with Gasteiger partial charge in [0.05, 0.1) is 29.0 Å². The number of H-pyrrole nitrogens is 1. The van der Waals surface area contributed by atoms with Crippen molar-refractivity contribution in [3.8, 4) is 11.3 Å². The predicted octanol–water partition coefficient (Wildman–Crippen LogP) is 3.16. The number of rotatable bonds is 2. The number of aliphatic imine (C=N–C) groups is 1. The average molecular weight is 368 g/mol. The number of aromatic amines is 1. The fourth-order valence-electron chi connectivity index (χ4n) is 3.25. The van der Waals surface area contributed by atoms with Crippen LogP contribution in [-0.4, -0.2) is 51.5 Å². The van der Waals surface area contributed by atoms with Gasteiger partial charge >= 0.3 is 0 Å². The fourth-order valence-corrected chi connectivity index (χ4v) is 4.17. The van der Waals surface area contributed by atoms with E-state index in [4.69, 9.17) is 4.74 Å². The van der Waals surface area contributed by atoms with Crippen LogP contribution in [0.4, 0.5) is 0 Å². The highest BCUT2D eigenvalue weighted by atomic mass is 32.2. The zero-order valence-electron chi connectivity index (χ0n) is 14.7. The minimum absolute atomic E-state index is 0.128. The van der Waals surface area contributed by atoms with Crippen LogP contribution in [0.2, 0.25) is 0 Å². The van der Waals surface area contributed by atoms with Crippen molar-refractivity contribution in [3.63, 3.8) is 0 Å². The summed E-state index contributed by atoms with van der Waals surface area (Å²) in [5, 5.41) is 7.91. The quantitative estimate of drug-likeness (QED) is 0.825. The van der Waals surface area contributed by atoms with Crippen molar-refractivity contribution in [1.82, 2.24) is 15.1 Å². The van der Waals surface area contributed by atoms with Crippen molar-refractivity contribution in [2.75, 3.05) is 13.1 Å². The summed E-state index contributed by atoms with van der Waals surface area (Å²) in [7, 11) is 0. The molecule has 0 aliphatic carbocycles. The lowest BCUT2D eigenvalue weighted by molar-refractivity contribution is -0.113. The molecule has 1 fully saturated rings. The van der Waals surface area contributed by atoms with Gasteiger partial charge in [0.1, 0.15) is 0 Å². The van der Waals surface area contributed by atoms with E-state index in [9.17, 15) is 4.79 Å². The van der Waals surface area contributed by atoms with Gasteiger partial charge in [0.2, 0.25) is 0 Å². The number of amidine groups is 1. The van der Waals surface area contributed by atoms with Crippen molar-refractivity contribution in [3.05, 3.63) is 47.0 Å². The third-order valence-corrected chi connectivity index (χ3v) is 5.36. The van der Waals surface area contributed by atoms with E-state index in [1.165, 1.54) is 11.8 Å². The Labute approximate surface area is 156 Å². The number of nitrogens with one attached hydrogen (secondary N) is 1. The van der Waals surface area contributed by atoms with E-state index in [0.29, 0.717) is 4.91 Å². The lowest BCUT2D eigenvalue weighted by Crippen LogP contribution is -2.47. The van der Waals surface area contributed by atoms with Crippen LogP contribution < -0.4 is 0 Å². The second-order valence-electron chi connectivity index (χ2n) is 6.54.